The predicted molar refractivity (Wildman–Crippen MR) is 55.5 cm³/mol. The molecule has 65 valence electrons. The molecule has 1 radical (unpaired) electrons. The van der Waals surface area contributed by atoms with Crippen LogP contribution in [0.25, 0.3) is 6.08 Å². The van der Waals surface area contributed by atoms with Crippen molar-refractivity contribution in [2.24, 2.45) is 0 Å². The first kappa shape index (κ1) is 7.37. The second-order valence-electron chi connectivity index (χ2n) is 4.14. The summed E-state index contributed by atoms with van der Waals surface area (Å²) in [6.07, 6.45) is 8.49. The van der Waals surface area contributed by atoms with Gasteiger partial charge in [-0.05, 0) is 48.4 Å². The standard InChI is InChI=1S/C13H13/c1-9-5-12-7-10-3-2-4-11(10)8-13(12)6-9/h5-8H,2-4H2,1H3. The van der Waals surface area contributed by atoms with Crippen molar-refractivity contribution in [1.29, 1.82) is 0 Å². The van der Waals surface area contributed by atoms with E-state index in [9.17, 15) is 0 Å². The van der Waals surface area contributed by atoms with E-state index in [0.717, 1.165) is 0 Å². The monoisotopic (exact) mass is 169 g/mol. The third kappa shape index (κ3) is 1.05. The fourth-order valence-electron chi connectivity index (χ4n) is 2.44. The van der Waals surface area contributed by atoms with Gasteiger partial charge in [-0.1, -0.05) is 23.8 Å². The minimum absolute atomic E-state index is 1.29. The average Bonchev–Trinajstić information content (AvgIpc) is 2.63. The minimum Gasteiger partial charge on any atom is -0.0643 e. The van der Waals surface area contributed by atoms with Gasteiger partial charge in [0.15, 0.2) is 0 Å². The quantitative estimate of drug-likeness (QED) is 0.559. The Hall–Kier alpha value is -1.04. The first-order chi connectivity index (χ1) is 6.33. The van der Waals surface area contributed by atoms with Gasteiger partial charge in [-0.3, -0.25) is 0 Å². The molecule has 1 aromatic carbocycles. The van der Waals surface area contributed by atoms with E-state index in [4.69, 9.17) is 0 Å². The topological polar surface area (TPSA) is 0 Å². The summed E-state index contributed by atoms with van der Waals surface area (Å²) in [5.74, 6) is 0. The first-order valence-corrected chi connectivity index (χ1v) is 5.02. The van der Waals surface area contributed by atoms with E-state index in [2.05, 4.69) is 31.6 Å². The van der Waals surface area contributed by atoms with Crippen LogP contribution in [0.3, 0.4) is 0 Å². The van der Waals surface area contributed by atoms with Crippen LogP contribution in [0.4, 0.5) is 0 Å². The second kappa shape index (κ2) is 2.47. The van der Waals surface area contributed by atoms with Gasteiger partial charge in [0.05, 0.1) is 0 Å². The van der Waals surface area contributed by atoms with Gasteiger partial charge < -0.3 is 0 Å². The third-order valence-corrected chi connectivity index (χ3v) is 3.06. The zero-order valence-corrected chi connectivity index (χ0v) is 7.93. The Kier molecular flexibility index (Phi) is 1.40. The summed E-state index contributed by atoms with van der Waals surface area (Å²) >= 11 is 0. The number of benzene rings is 1. The van der Waals surface area contributed by atoms with Gasteiger partial charge in [-0.25, -0.2) is 0 Å². The molecule has 0 heterocycles. The molecule has 2 aliphatic rings. The molecule has 0 saturated heterocycles. The molecule has 3 rings (SSSR count). The van der Waals surface area contributed by atoms with Crippen LogP contribution < -0.4 is 0 Å². The average molecular weight is 169 g/mol. The van der Waals surface area contributed by atoms with Crippen molar-refractivity contribution in [1.82, 2.24) is 0 Å². The number of hydrogen-bond acceptors (Lipinski definition) is 0. The number of aryl methyl sites for hydroxylation is 2. The second-order valence-corrected chi connectivity index (χ2v) is 4.14. The largest absolute Gasteiger partial charge is 0.0643 e. The van der Waals surface area contributed by atoms with Crippen LogP contribution in [0.5, 0.6) is 0 Å². The zero-order chi connectivity index (χ0) is 8.84. The molecule has 0 atom stereocenters. The molecule has 0 bridgehead atoms. The first-order valence-electron chi connectivity index (χ1n) is 5.02. The SMILES string of the molecule is CC1=Cc2cc3c(cc2[CH]1)CCC3. The fraction of sp³-hybridized carbons (Fsp3) is 0.308. The Morgan fingerprint density at radius 1 is 1.00 bits per heavy atom. The molecule has 0 heteroatoms. The molecule has 1 aromatic rings. The molecule has 0 spiro atoms. The molecule has 0 unspecified atom stereocenters. The molecule has 0 nitrogen and oxygen atoms in total. The lowest BCUT2D eigenvalue weighted by Crippen LogP contribution is -1.87. The van der Waals surface area contributed by atoms with E-state index in [1.54, 1.807) is 11.1 Å². The normalized spacial score (nSPS) is 18.4. The van der Waals surface area contributed by atoms with Crippen LogP contribution in [0.15, 0.2) is 17.7 Å². The molecule has 0 amide bonds. The van der Waals surface area contributed by atoms with Crippen LogP contribution in [-0.4, -0.2) is 0 Å². The molecular weight excluding hydrogens is 156 g/mol. The maximum Gasteiger partial charge on any atom is 0.0161 e. The Balaban J connectivity index is 2.17. The minimum atomic E-state index is 1.29. The summed E-state index contributed by atoms with van der Waals surface area (Å²) in [4.78, 5) is 0. The molecular formula is C13H13. The van der Waals surface area contributed by atoms with Gasteiger partial charge in [-0.2, -0.15) is 0 Å². The Bertz CT molecular complexity index is 397. The van der Waals surface area contributed by atoms with Crippen LogP contribution in [0.2, 0.25) is 0 Å². The van der Waals surface area contributed by atoms with Crippen LogP contribution in [0.1, 0.15) is 35.6 Å². The highest BCUT2D eigenvalue weighted by Gasteiger charge is 2.16. The van der Waals surface area contributed by atoms with Crippen LogP contribution in [-0.2, 0) is 12.8 Å². The molecule has 2 aliphatic carbocycles. The van der Waals surface area contributed by atoms with E-state index in [1.807, 2.05) is 0 Å². The maximum atomic E-state index is 2.38. The van der Waals surface area contributed by atoms with E-state index in [-0.39, 0.29) is 0 Å². The molecule has 0 saturated carbocycles. The molecule has 0 fully saturated rings. The van der Waals surface area contributed by atoms with Crippen molar-refractivity contribution in [3.63, 3.8) is 0 Å². The molecule has 0 N–H and O–H groups in total. The summed E-state index contributed by atoms with van der Waals surface area (Å²) < 4.78 is 0. The maximum absolute atomic E-state index is 2.38. The summed E-state index contributed by atoms with van der Waals surface area (Å²) in [5.41, 5.74) is 7.41. The van der Waals surface area contributed by atoms with Crippen LogP contribution in [0, 0.1) is 6.42 Å². The highest BCUT2D eigenvalue weighted by atomic mass is 14.2. The van der Waals surface area contributed by atoms with Crippen molar-refractivity contribution >= 4 is 6.08 Å². The Morgan fingerprint density at radius 2 is 1.69 bits per heavy atom. The highest BCUT2D eigenvalue weighted by Crippen LogP contribution is 2.32. The Morgan fingerprint density at radius 3 is 2.46 bits per heavy atom. The lowest BCUT2D eigenvalue weighted by atomic mass is 10.0. The zero-order valence-electron chi connectivity index (χ0n) is 7.93. The van der Waals surface area contributed by atoms with Gasteiger partial charge in [0.1, 0.15) is 0 Å². The number of fused-ring (bicyclic) bond motifs is 2. The Labute approximate surface area is 79.3 Å². The van der Waals surface area contributed by atoms with E-state index in [0.29, 0.717) is 0 Å². The van der Waals surface area contributed by atoms with Crippen molar-refractivity contribution < 1.29 is 0 Å². The highest BCUT2D eigenvalue weighted by molar-refractivity contribution is 5.70. The van der Waals surface area contributed by atoms with Gasteiger partial charge >= 0.3 is 0 Å². The molecule has 0 aliphatic heterocycles. The number of rotatable bonds is 0. The van der Waals surface area contributed by atoms with Crippen molar-refractivity contribution in [3.05, 3.63) is 46.4 Å². The summed E-state index contributed by atoms with van der Waals surface area (Å²) in [6, 6.07) is 4.76. The van der Waals surface area contributed by atoms with Gasteiger partial charge in [0.2, 0.25) is 0 Å². The van der Waals surface area contributed by atoms with E-state index >= 15 is 0 Å². The molecule has 13 heavy (non-hydrogen) atoms. The van der Waals surface area contributed by atoms with Gasteiger partial charge in [0, 0.05) is 6.42 Å². The predicted octanol–water partition coefficient (Wildman–Crippen LogP) is 3.14. The number of hydrogen-bond donors (Lipinski definition) is 0. The van der Waals surface area contributed by atoms with Crippen molar-refractivity contribution in [2.75, 3.05) is 0 Å². The van der Waals surface area contributed by atoms with Crippen molar-refractivity contribution in [3.8, 4) is 0 Å². The van der Waals surface area contributed by atoms with Crippen LogP contribution >= 0.6 is 0 Å². The number of allylic oxidation sites excluding steroid dienone is 1. The smallest absolute Gasteiger partial charge is 0.0161 e. The van der Waals surface area contributed by atoms with Crippen molar-refractivity contribution in [2.45, 2.75) is 26.2 Å². The summed E-state index contributed by atoms with van der Waals surface area (Å²) in [5, 5.41) is 0. The van der Waals surface area contributed by atoms with Gasteiger partial charge in [-0.15, -0.1) is 0 Å². The van der Waals surface area contributed by atoms with E-state index in [1.165, 1.54) is 36.0 Å². The fourth-order valence-corrected chi connectivity index (χ4v) is 2.44. The lowest BCUT2D eigenvalue weighted by molar-refractivity contribution is 0.911. The third-order valence-electron chi connectivity index (χ3n) is 3.06. The summed E-state index contributed by atoms with van der Waals surface area (Å²) in [6.45, 7) is 2.17. The lowest BCUT2D eigenvalue weighted by Gasteiger charge is -2.03. The summed E-state index contributed by atoms with van der Waals surface area (Å²) in [7, 11) is 0. The van der Waals surface area contributed by atoms with E-state index < -0.39 is 0 Å². The van der Waals surface area contributed by atoms with Gasteiger partial charge in [0.25, 0.3) is 0 Å². The molecule has 0 aromatic heterocycles.